The molecule has 0 bridgehead atoms. The van der Waals surface area contributed by atoms with Crippen LogP contribution in [0.3, 0.4) is 0 Å². The third-order valence-corrected chi connectivity index (χ3v) is 2.39. The molecular weight excluding hydrogens is 176 g/mol. The van der Waals surface area contributed by atoms with Crippen LogP contribution in [0, 0.1) is 0 Å². The zero-order chi connectivity index (χ0) is 10.0. The summed E-state index contributed by atoms with van der Waals surface area (Å²) in [6.07, 6.45) is -4.33. The Hall–Kier alpha value is -0.200. The summed E-state index contributed by atoms with van der Waals surface area (Å²) in [5, 5.41) is 36.9. The molecule has 1 rings (SSSR count). The van der Waals surface area contributed by atoms with Crippen LogP contribution in [0.2, 0.25) is 0 Å². The third-order valence-electron chi connectivity index (χ3n) is 2.39. The average Bonchev–Trinajstić information content (AvgIpc) is 2.15. The first kappa shape index (κ1) is 10.9. The summed E-state index contributed by atoms with van der Waals surface area (Å²) in [5.74, 6) is 0. The summed E-state index contributed by atoms with van der Waals surface area (Å²) in [7, 11) is 0. The molecule has 2 unspecified atom stereocenters. The van der Waals surface area contributed by atoms with Crippen LogP contribution in [-0.2, 0) is 4.74 Å². The molecule has 0 spiro atoms. The standard InChI is InChI=1S/C8H16O5/c1-2-4-6(10)8(12)7(11)5(3-9)13-4/h4-12H,2-3H2,1H3/t4-,5+,6?,7+,8?/m0/s1. The summed E-state index contributed by atoms with van der Waals surface area (Å²) in [6, 6.07) is 0. The maximum absolute atomic E-state index is 9.40. The minimum Gasteiger partial charge on any atom is -0.394 e. The highest BCUT2D eigenvalue weighted by Gasteiger charge is 2.42. The molecule has 0 radical (unpaired) electrons. The fourth-order valence-corrected chi connectivity index (χ4v) is 1.52. The van der Waals surface area contributed by atoms with Crippen molar-refractivity contribution >= 4 is 0 Å². The van der Waals surface area contributed by atoms with E-state index in [1.54, 1.807) is 6.92 Å². The minimum absolute atomic E-state index is 0.360. The van der Waals surface area contributed by atoms with Gasteiger partial charge in [-0.05, 0) is 6.42 Å². The quantitative estimate of drug-likeness (QED) is 0.416. The van der Waals surface area contributed by atoms with Crippen molar-refractivity contribution < 1.29 is 25.2 Å². The number of aliphatic hydroxyl groups excluding tert-OH is 4. The Labute approximate surface area is 76.6 Å². The van der Waals surface area contributed by atoms with Gasteiger partial charge in [-0.2, -0.15) is 0 Å². The highest BCUT2D eigenvalue weighted by atomic mass is 16.5. The Balaban J connectivity index is 2.66. The third kappa shape index (κ3) is 2.00. The fraction of sp³-hybridized carbons (Fsp3) is 1.00. The molecule has 4 N–H and O–H groups in total. The van der Waals surface area contributed by atoms with E-state index in [0.29, 0.717) is 6.42 Å². The lowest BCUT2D eigenvalue weighted by Gasteiger charge is -2.39. The summed E-state index contributed by atoms with van der Waals surface area (Å²) in [4.78, 5) is 0. The lowest BCUT2D eigenvalue weighted by atomic mass is 9.94. The average molecular weight is 192 g/mol. The van der Waals surface area contributed by atoms with Crippen molar-refractivity contribution in [1.29, 1.82) is 0 Å². The molecule has 5 atom stereocenters. The number of hydrogen-bond donors (Lipinski definition) is 4. The molecule has 0 aliphatic carbocycles. The van der Waals surface area contributed by atoms with Crippen molar-refractivity contribution in [3.63, 3.8) is 0 Å². The monoisotopic (exact) mass is 192 g/mol. The molecule has 0 aromatic carbocycles. The molecule has 1 saturated heterocycles. The van der Waals surface area contributed by atoms with E-state index in [4.69, 9.17) is 9.84 Å². The zero-order valence-corrected chi connectivity index (χ0v) is 7.50. The van der Waals surface area contributed by atoms with Crippen molar-refractivity contribution in [2.75, 3.05) is 6.61 Å². The first-order valence-corrected chi connectivity index (χ1v) is 4.42. The van der Waals surface area contributed by atoms with Crippen LogP contribution in [-0.4, -0.2) is 57.6 Å². The summed E-state index contributed by atoms with van der Waals surface area (Å²) < 4.78 is 5.17. The van der Waals surface area contributed by atoms with Crippen molar-refractivity contribution in [2.45, 2.75) is 43.9 Å². The van der Waals surface area contributed by atoms with E-state index in [1.165, 1.54) is 0 Å². The molecule has 0 aromatic heterocycles. The smallest absolute Gasteiger partial charge is 0.111 e. The molecular formula is C8H16O5. The number of ether oxygens (including phenoxy) is 1. The van der Waals surface area contributed by atoms with E-state index in [-0.39, 0.29) is 6.61 Å². The first-order valence-electron chi connectivity index (χ1n) is 4.42. The lowest BCUT2D eigenvalue weighted by Crippen LogP contribution is -2.58. The number of aliphatic hydroxyl groups is 4. The fourth-order valence-electron chi connectivity index (χ4n) is 1.52. The van der Waals surface area contributed by atoms with Gasteiger partial charge in [0, 0.05) is 0 Å². The largest absolute Gasteiger partial charge is 0.394 e. The lowest BCUT2D eigenvalue weighted by molar-refractivity contribution is -0.229. The molecule has 1 heterocycles. The van der Waals surface area contributed by atoms with Gasteiger partial charge in [0.05, 0.1) is 12.7 Å². The molecule has 5 heteroatoms. The van der Waals surface area contributed by atoms with Crippen LogP contribution < -0.4 is 0 Å². The maximum Gasteiger partial charge on any atom is 0.111 e. The van der Waals surface area contributed by atoms with Gasteiger partial charge in [-0.15, -0.1) is 0 Å². The van der Waals surface area contributed by atoms with Crippen LogP contribution in [0.1, 0.15) is 13.3 Å². The van der Waals surface area contributed by atoms with E-state index in [0.717, 1.165) is 0 Å². The normalized spacial score (nSPS) is 46.4. The number of hydrogen-bond acceptors (Lipinski definition) is 5. The Morgan fingerprint density at radius 1 is 1.00 bits per heavy atom. The second kappa shape index (κ2) is 4.34. The van der Waals surface area contributed by atoms with Crippen LogP contribution in [0.4, 0.5) is 0 Å². The Morgan fingerprint density at radius 2 is 1.54 bits per heavy atom. The second-order valence-electron chi connectivity index (χ2n) is 3.28. The second-order valence-corrected chi connectivity index (χ2v) is 3.28. The highest BCUT2D eigenvalue weighted by molar-refractivity contribution is 4.91. The van der Waals surface area contributed by atoms with E-state index in [1.807, 2.05) is 0 Å². The molecule has 1 fully saturated rings. The van der Waals surface area contributed by atoms with Gasteiger partial charge in [-0.25, -0.2) is 0 Å². The van der Waals surface area contributed by atoms with E-state index in [9.17, 15) is 15.3 Å². The summed E-state index contributed by atoms with van der Waals surface area (Å²) in [6.45, 7) is 1.44. The SMILES string of the molecule is CC[C@@H]1O[C@H](CO)[C@@H](O)C(O)C1O. The van der Waals surface area contributed by atoms with Crippen molar-refractivity contribution in [1.82, 2.24) is 0 Å². The van der Waals surface area contributed by atoms with Gasteiger partial charge in [0.25, 0.3) is 0 Å². The van der Waals surface area contributed by atoms with Crippen LogP contribution in [0.5, 0.6) is 0 Å². The Bertz CT molecular complexity index is 143. The summed E-state index contributed by atoms with van der Waals surface area (Å²) in [5.41, 5.74) is 0. The van der Waals surface area contributed by atoms with Gasteiger partial charge in [0.15, 0.2) is 0 Å². The van der Waals surface area contributed by atoms with Crippen molar-refractivity contribution in [3.8, 4) is 0 Å². The molecule has 0 aromatic rings. The zero-order valence-electron chi connectivity index (χ0n) is 7.50. The number of rotatable bonds is 2. The molecule has 78 valence electrons. The molecule has 0 saturated carbocycles. The molecule has 5 nitrogen and oxygen atoms in total. The van der Waals surface area contributed by atoms with Crippen molar-refractivity contribution in [3.05, 3.63) is 0 Å². The van der Waals surface area contributed by atoms with Crippen molar-refractivity contribution in [2.24, 2.45) is 0 Å². The van der Waals surface area contributed by atoms with Gasteiger partial charge in [-0.1, -0.05) is 6.92 Å². The van der Waals surface area contributed by atoms with Gasteiger partial charge in [-0.3, -0.25) is 0 Å². The Kier molecular flexibility index (Phi) is 3.63. The molecule has 1 aliphatic rings. The molecule has 1 aliphatic heterocycles. The van der Waals surface area contributed by atoms with Gasteiger partial charge < -0.3 is 25.2 Å². The van der Waals surface area contributed by atoms with Gasteiger partial charge in [0.1, 0.15) is 24.4 Å². The molecule has 0 amide bonds. The van der Waals surface area contributed by atoms with Crippen LogP contribution in [0.25, 0.3) is 0 Å². The topological polar surface area (TPSA) is 90.2 Å². The van der Waals surface area contributed by atoms with E-state index in [2.05, 4.69) is 0 Å². The Morgan fingerprint density at radius 3 is 2.00 bits per heavy atom. The van der Waals surface area contributed by atoms with Gasteiger partial charge in [0.2, 0.25) is 0 Å². The van der Waals surface area contributed by atoms with Gasteiger partial charge >= 0.3 is 0 Å². The van der Waals surface area contributed by atoms with Crippen LogP contribution in [0.15, 0.2) is 0 Å². The predicted molar refractivity (Wildman–Crippen MR) is 44.1 cm³/mol. The minimum atomic E-state index is -1.24. The maximum atomic E-state index is 9.40. The van der Waals surface area contributed by atoms with Crippen LogP contribution >= 0.6 is 0 Å². The highest BCUT2D eigenvalue weighted by Crippen LogP contribution is 2.22. The molecule has 13 heavy (non-hydrogen) atoms. The van der Waals surface area contributed by atoms with E-state index >= 15 is 0 Å². The van der Waals surface area contributed by atoms with E-state index < -0.39 is 30.5 Å². The summed E-state index contributed by atoms with van der Waals surface area (Å²) >= 11 is 0. The first-order chi connectivity index (χ1) is 6.11. The predicted octanol–water partition coefficient (Wildman–Crippen LogP) is -1.76.